The molecule has 1 aliphatic carbocycles. The summed E-state index contributed by atoms with van der Waals surface area (Å²) < 4.78 is 5.53. The third-order valence-electron chi connectivity index (χ3n) is 4.02. The number of hydrogen-bond donors (Lipinski definition) is 1. The van der Waals surface area contributed by atoms with Gasteiger partial charge in [-0.25, -0.2) is 4.79 Å². The number of benzene rings is 1. The number of nitrogens with one attached hydrogen (secondary N) is 1. The molecule has 1 aromatic carbocycles. The van der Waals surface area contributed by atoms with Crippen LogP contribution in [0.25, 0.3) is 0 Å². The van der Waals surface area contributed by atoms with E-state index in [1.54, 1.807) is 24.3 Å². The highest BCUT2D eigenvalue weighted by atomic mass is 16.5. The molecule has 2 rings (SSSR count). The van der Waals surface area contributed by atoms with Gasteiger partial charge in [-0.15, -0.1) is 0 Å². The van der Waals surface area contributed by atoms with Crippen molar-refractivity contribution in [2.75, 3.05) is 26.0 Å². The standard InChI is InChI=1S/C18H26N2O3/c1-20(2)13-12-17(21)19-15-10-8-14(9-11-15)18(22)23-16-6-4-3-5-7-16/h8-11,16H,3-7,12-13H2,1-2H3,(H,19,21). The first-order chi connectivity index (χ1) is 11.0. The van der Waals surface area contributed by atoms with Crippen LogP contribution in [0.15, 0.2) is 24.3 Å². The molecule has 1 amide bonds. The average molecular weight is 318 g/mol. The SMILES string of the molecule is CN(C)CCC(=O)Nc1ccc(C(=O)OC2CCCCC2)cc1. The second-order valence-electron chi connectivity index (χ2n) is 6.34. The number of esters is 1. The van der Waals surface area contributed by atoms with Crippen molar-refractivity contribution in [2.24, 2.45) is 0 Å². The van der Waals surface area contributed by atoms with E-state index in [-0.39, 0.29) is 18.0 Å². The van der Waals surface area contributed by atoms with Crippen LogP contribution in [-0.2, 0) is 9.53 Å². The van der Waals surface area contributed by atoms with Gasteiger partial charge in [0.05, 0.1) is 5.56 Å². The fourth-order valence-electron chi connectivity index (χ4n) is 2.64. The lowest BCUT2D eigenvalue weighted by molar-refractivity contribution is -0.116. The summed E-state index contributed by atoms with van der Waals surface area (Å²) in [5.74, 6) is -0.307. The first kappa shape index (κ1) is 17.5. The van der Waals surface area contributed by atoms with E-state index in [0.717, 1.165) is 25.7 Å². The molecule has 1 aliphatic rings. The highest BCUT2D eigenvalue weighted by molar-refractivity contribution is 5.93. The van der Waals surface area contributed by atoms with Gasteiger partial charge in [0.2, 0.25) is 5.91 Å². The lowest BCUT2D eigenvalue weighted by Crippen LogP contribution is -2.21. The minimum absolute atomic E-state index is 0.0313. The number of carbonyl (C=O) groups is 2. The van der Waals surface area contributed by atoms with E-state index in [0.29, 0.717) is 24.2 Å². The Bertz CT molecular complexity index is 520. The highest BCUT2D eigenvalue weighted by Crippen LogP contribution is 2.21. The van der Waals surface area contributed by atoms with Crippen LogP contribution in [0.4, 0.5) is 5.69 Å². The maximum atomic E-state index is 12.1. The molecular formula is C18H26N2O3. The molecule has 0 aliphatic heterocycles. The molecule has 1 saturated carbocycles. The minimum Gasteiger partial charge on any atom is -0.459 e. The summed E-state index contributed by atoms with van der Waals surface area (Å²) in [7, 11) is 3.86. The van der Waals surface area contributed by atoms with Crippen LogP contribution in [-0.4, -0.2) is 43.5 Å². The van der Waals surface area contributed by atoms with E-state index in [4.69, 9.17) is 4.74 Å². The normalized spacial score (nSPS) is 15.4. The van der Waals surface area contributed by atoms with Crippen LogP contribution in [0.2, 0.25) is 0 Å². The summed E-state index contributed by atoms with van der Waals surface area (Å²) >= 11 is 0. The first-order valence-corrected chi connectivity index (χ1v) is 8.30. The van der Waals surface area contributed by atoms with E-state index in [9.17, 15) is 9.59 Å². The molecule has 1 N–H and O–H groups in total. The van der Waals surface area contributed by atoms with Crippen molar-refractivity contribution in [1.29, 1.82) is 0 Å². The number of nitrogens with zero attached hydrogens (tertiary/aromatic N) is 1. The van der Waals surface area contributed by atoms with E-state index >= 15 is 0 Å². The quantitative estimate of drug-likeness (QED) is 0.819. The van der Waals surface area contributed by atoms with Crippen molar-refractivity contribution in [1.82, 2.24) is 4.90 Å². The largest absolute Gasteiger partial charge is 0.459 e. The molecule has 5 heteroatoms. The van der Waals surface area contributed by atoms with Crippen molar-refractivity contribution < 1.29 is 14.3 Å². The number of hydrogen-bond acceptors (Lipinski definition) is 4. The Balaban J connectivity index is 1.83. The molecular weight excluding hydrogens is 292 g/mol. The number of carbonyl (C=O) groups excluding carboxylic acids is 2. The lowest BCUT2D eigenvalue weighted by Gasteiger charge is -2.21. The molecule has 0 aromatic heterocycles. The second-order valence-corrected chi connectivity index (χ2v) is 6.34. The van der Waals surface area contributed by atoms with E-state index in [1.807, 2.05) is 19.0 Å². The molecule has 0 spiro atoms. The fourth-order valence-corrected chi connectivity index (χ4v) is 2.64. The van der Waals surface area contributed by atoms with Gasteiger partial charge in [-0.2, -0.15) is 0 Å². The average Bonchev–Trinajstić information content (AvgIpc) is 2.54. The van der Waals surface area contributed by atoms with Crippen LogP contribution in [0, 0.1) is 0 Å². The Morgan fingerprint density at radius 3 is 2.39 bits per heavy atom. The van der Waals surface area contributed by atoms with Gasteiger partial charge in [-0.1, -0.05) is 6.42 Å². The minimum atomic E-state index is -0.276. The smallest absolute Gasteiger partial charge is 0.338 e. The summed E-state index contributed by atoms with van der Waals surface area (Å²) in [6.45, 7) is 0.706. The summed E-state index contributed by atoms with van der Waals surface area (Å²) in [4.78, 5) is 25.8. The molecule has 0 radical (unpaired) electrons. The zero-order chi connectivity index (χ0) is 16.7. The third kappa shape index (κ3) is 6.02. The fraction of sp³-hybridized carbons (Fsp3) is 0.556. The van der Waals surface area contributed by atoms with Crippen LogP contribution in [0.3, 0.4) is 0 Å². The number of rotatable bonds is 6. The molecule has 23 heavy (non-hydrogen) atoms. The molecule has 0 atom stereocenters. The zero-order valence-corrected chi connectivity index (χ0v) is 14.0. The maximum Gasteiger partial charge on any atom is 0.338 e. The van der Waals surface area contributed by atoms with E-state index in [1.165, 1.54) is 6.42 Å². The van der Waals surface area contributed by atoms with Gasteiger partial charge in [-0.3, -0.25) is 4.79 Å². The monoisotopic (exact) mass is 318 g/mol. The van der Waals surface area contributed by atoms with Gasteiger partial charge in [0.1, 0.15) is 6.10 Å². The summed E-state index contributed by atoms with van der Waals surface area (Å²) in [6, 6.07) is 6.88. The molecule has 0 saturated heterocycles. The lowest BCUT2D eigenvalue weighted by atomic mass is 9.98. The molecule has 5 nitrogen and oxygen atoms in total. The third-order valence-corrected chi connectivity index (χ3v) is 4.02. The molecule has 0 bridgehead atoms. The van der Waals surface area contributed by atoms with Crippen LogP contribution in [0.5, 0.6) is 0 Å². The van der Waals surface area contributed by atoms with Crippen molar-refractivity contribution >= 4 is 17.6 Å². The van der Waals surface area contributed by atoms with Crippen molar-refractivity contribution in [2.45, 2.75) is 44.6 Å². The van der Waals surface area contributed by atoms with E-state index in [2.05, 4.69) is 5.32 Å². The number of anilines is 1. The Morgan fingerprint density at radius 2 is 1.78 bits per heavy atom. The Kier molecular flexibility index (Phi) is 6.59. The molecule has 1 fully saturated rings. The zero-order valence-electron chi connectivity index (χ0n) is 14.0. The van der Waals surface area contributed by atoms with Crippen LogP contribution < -0.4 is 5.32 Å². The number of amides is 1. The summed E-state index contributed by atoms with van der Waals surface area (Å²) in [5, 5.41) is 2.83. The van der Waals surface area contributed by atoms with Gasteiger partial charge >= 0.3 is 5.97 Å². The second kappa shape index (κ2) is 8.67. The molecule has 1 aromatic rings. The summed E-state index contributed by atoms with van der Waals surface area (Å²) in [5.41, 5.74) is 1.23. The predicted molar refractivity (Wildman–Crippen MR) is 90.5 cm³/mol. The Labute approximate surface area is 138 Å². The van der Waals surface area contributed by atoms with Crippen LogP contribution >= 0.6 is 0 Å². The topological polar surface area (TPSA) is 58.6 Å². The van der Waals surface area contributed by atoms with E-state index < -0.39 is 0 Å². The van der Waals surface area contributed by atoms with Crippen molar-refractivity contribution in [3.8, 4) is 0 Å². The van der Waals surface area contributed by atoms with Gasteiger partial charge in [0, 0.05) is 18.7 Å². The summed E-state index contributed by atoms with van der Waals surface area (Å²) in [6.07, 6.45) is 5.93. The Hall–Kier alpha value is -1.88. The van der Waals surface area contributed by atoms with Gasteiger partial charge in [0.25, 0.3) is 0 Å². The maximum absolute atomic E-state index is 12.1. The van der Waals surface area contributed by atoms with Crippen molar-refractivity contribution in [3.05, 3.63) is 29.8 Å². The van der Waals surface area contributed by atoms with Crippen LogP contribution in [0.1, 0.15) is 48.9 Å². The molecule has 0 unspecified atom stereocenters. The molecule has 126 valence electrons. The van der Waals surface area contributed by atoms with Gasteiger partial charge in [-0.05, 0) is 64.0 Å². The first-order valence-electron chi connectivity index (χ1n) is 8.30. The predicted octanol–water partition coefficient (Wildman–Crippen LogP) is 3.07. The van der Waals surface area contributed by atoms with Crippen molar-refractivity contribution in [3.63, 3.8) is 0 Å². The van der Waals surface area contributed by atoms with Gasteiger partial charge in [0.15, 0.2) is 0 Å². The number of ether oxygens (including phenoxy) is 1. The van der Waals surface area contributed by atoms with Gasteiger partial charge < -0.3 is 15.0 Å². The highest BCUT2D eigenvalue weighted by Gasteiger charge is 2.18. The Morgan fingerprint density at radius 1 is 1.13 bits per heavy atom. The molecule has 0 heterocycles.